The molecule has 0 aliphatic carbocycles. The third kappa shape index (κ3) is 2.92. The molecule has 0 bridgehead atoms. The molecule has 0 radical (unpaired) electrons. The Balaban J connectivity index is 5.70. The van der Waals surface area contributed by atoms with E-state index in [4.69, 9.17) is 5.11 Å². The molecular weight excluding hydrogens is 294 g/mol. The van der Waals surface area contributed by atoms with Gasteiger partial charge in [-0.3, -0.25) is 0 Å². The number of carbonyl (C=O) groups is 1. The number of hydrogen-bond acceptors (Lipinski definition) is 3. The quantitative estimate of drug-likeness (QED) is 0.482. The van der Waals surface area contributed by atoms with Gasteiger partial charge in [0.1, 0.15) is 6.67 Å². The molecule has 0 heterocycles. The van der Waals surface area contributed by atoms with Crippen LogP contribution in [0, 0.1) is 0 Å². The van der Waals surface area contributed by atoms with Crippen LogP contribution in [0.25, 0.3) is 0 Å². The second-order valence-electron chi connectivity index (χ2n) is 4.75. The number of alkyl halides is 6. The second kappa shape index (κ2) is 5.27. The second-order valence-corrected chi connectivity index (χ2v) is 4.75. The molecule has 0 aliphatic heterocycles. The Kier molecular flexibility index (Phi) is 4.94. The summed E-state index contributed by atoms with van der Waals surface area (Å²) in [5.41, 5.74) is -8.43. The van der Waals surface area contributed by atoms with Crippen molar-refractivity contribution < 1.29 is 41.0 Å². The van der Waals surface area contributed by atoms with E-state index < -0.39 is 35.9 Å². The number of ether oxygens (including phenoxy) is 1. The van der Waals surface area contributed by atoms with Crippen molar-refractivity contribution in [3.63, 3.8) is 0 Å². The Labute approximate surface area is 111 Å². The summed E-state index contributed by atoms with van der Waals surface area (Å²) in [6, 6.07) is 0. The molecule has 0 fully saturated rings. The highest BCUT2D eigenvalue weighted by atomic mass is 19.4. The van der Waals surface area contributed by atoms with Gasteiger partial charge < -0.3 is 9.84 Å². The molecule has 0 aliphatic rings. The van der Waals surface area contributed by atoms with Crippen LogP contribution in [0.2, 0.25) is 0 Å². The zero-order valence-electron chi connectivity index (χ0n) is 10.9. The van der Waals surface area contributed by atoms with E-state index in [1.54, 1.807) is 0 Å². The summed E-state index contributed by atoms with van der Waals surface area (Å²) in [5, 5.41) is 9.01. The minimum atomic E-state index is -5.96. The number of aliphatic hydroxyl groups is 1. The van der Waals surface area contributed by atoms with E-state index in [0.717, 1.165) is 6.92 Å². The molecule has 0 rings (SSSR count). The topological polar surface area (TPSA) is 46.5 Å². The summed E-state index contributed by atoms with van der Waals surface area (Å²) in [4.78, 5) is 11.2. The predicted molar refractivity (Wildman–Crippen MR) is 56.9 cm³/mol. The third-order valence-corrected chi connectivity index (χ3v) is 2.63. The maximum Gasteiger partial charge on any atom is 0.426 e. The van der Waals surface area contributed by atoms with Crippen molar-refractivity contribution in [1.29, 1.82) is 0 Å². The van der Waals surface area contributed by atoms with Gasteiger partial charge in [-0.15, -0.1) is 0 Å². The number of carbonyl (C=O) groups excluding carboxylic acids is 1. The molecule has 118 valence electrons. The smallest absolute Gasteiger partial charge is 0.426 e. The van der Waals surface area contributed by atoms with Crippen LogP contribution in [0.4, 0.5) is 26.3 Å². The molecule has 0 saturated heterocycles. The van der Waals surface area contributed by atoms with Crippen molar-refractivity contribution in [3.8, 4) is 0 Å². The van der Waals surface area contributed by atoms with Gasteiger partial charge in [0.25, 0.3) is 5.60 Å². The molecule has 0 saturated carbocycles. The van der Waals surface area contributed by atoms with Gasteiger partial charge in [0, 0.05) is 5.57 Å². The zero-order valence-corrected chi connectivity index (χ0v) is 10.9. The highest BCUT2D eigenvalue weighted by Gasteiger charge is 2.75. The maximum absolute atomic E-state index is 13.9. The molecular formula is C11H14F6O3. The van der Waals surface area contributed by atoms with E-state index >= 15 is 0 Å². The normalized spacial score (nSPS) is 16.5. The summed E-state index contributed by atoms with van der Waals surface area (Å²) >= 11 is 0. The van der Waals surface area contributed by atoms with Crippen LogP contribution >= 0.6 is 0 Å². The van der Waals surface area contributed by atoms with Gasteiger partial charge in [0.2, 0.25) is 0 Å². The molecule has 0 aromatic rings. The number of halogens is 6. The first-order chi connectivity index (χ1) is 8.64. The molecule has 1 unspecified atom stereocenters. The lowest BCUT2D eigenvalue weighted by atomic mass is 9.84. The summed E-state index contributed by atoms with van der Waals surface area (Å²) < 4.78 is 81.8. The van der Waals surface area contributed by atoms with Gasteiger partial charge in [0.05, 0.1) is 0 Å². The van der Waals surface area contributed by atoms with E-state index in [1.165, 1.54) is 0 Å². The Morgan fingerprint density at radius 1 is 1.20 bits per heavy atom. The van der Waals surface area contributed by atoms with Crippen molar-refractivity contribution in [1.82, 2.24) is 0 Å². The fourth-order valence-electron chi connectivity index (χ4n) is 1.22. The number of esters is 1. The summed E-state index contributed by atoms with van der Waals surface area (Å²) in [6.07, 6.45) is -5.96. The van der Waals surface area contributed by atoms with E-state index in [0.29, 0.717) is 13.8 Å². The summed E-state index contributed by atoms with van der Waals surface area (Å²) in [7, 11) is 0. The molecule has 0 amide bonds. The van der Waals surface area contributed by atoms with Gasteiger partial charge in [-0.1, -0.05) is 6.58 Å². The summed E-state index contributed by atoms with van der Waals surface area (Å²) in [5.74, 6) is -6.52. The monoisotopic (exact) mass is 308 g/mol. The minimum absolute atomic E-state index is 0.343. The highest BCUT2D eigenvalue weighted by molar-refractivity contribution is 5.87. The van der Waals surface area contributed by atoms with Crippen molar-refractivity contribution in [2.75, 3.05) is 6.67 Å². The average Bonchev–Trinajstić information content (AvgIpc) is 2.24. The fourth-order valence-corrected chi connectivity index (χ4v) is 1.22. The lowest BCUT2D eigenvalue weighted by Gasteiger charge is -2.43. The van der Waals surface area contributed by atoms with Gasteiger partial charge in [0.15, 0.2) is 5.60 Å². The number of rotatable bonds is 5. The molecule has 3 nitrogen and oxygen atoms in total. The van der Waals surface area contributed by atoms with Crippen LogP contribution in [0.3, 0.4) is 0 Å². The standard InChI is InChI=1S/C11H14F6O3/c1-6(2)7(18)20-8(3,4)10(13,14)9(19,5-12)11(15,16)17/h19H,1,5H2,2-4H3. The first-order valence-electron chi connectivity index (χ1n) is 5.26. The zero-order chi connectivity index (χ0) is 16.6. The Bertz CT molecular complexity index is 401. The first-order valence-corrected chi connectivity index (χ1v) is 5.26. The van der Waals surface area contributed by atoms with Crippen molar-refractivity contribution in [2.24, 2.45) is 0 Å². The first kappa shape index (κ1) is 18.8. The summed E-state index contributed by atoms with van der Waals surface area (Å²) in [6.45, 7) is 2.23. The van der Waals surface area contributed by atoms with Gasteiger partial charge in [-0.2, -0.15) is 22.0 Å². The van der Waals surface area contributed by atoms with Crippen LogP contribution in [-0.2, 0) is 9.53 Å². The predicted octanol–water partition coefficient (Wildman–Crippen LogP) is 2.78. The highest BCUT2D eigenvalue weighted by Crippen LogP contribution is 2.49. The average molecular weight is 308 g/mol. The Morgan fingerprint density at radius 2 is 1.60 bits per heavy atom. The fraction of sp³-hybridized carbons (Fsp3) is 0.727. The van der Waals surface area contributed by atoms with Gasteiger partial charge in [-0.05, 0) is 20.8 Å². The van der Waals surface area contributed by atoms with Crippen LogP contribution in [0.5, 0.6) is 0 Å². The molecule has 0 aromatic heterocycles. The molecule has 0 aromatic carbocycles. The van der Waals surface area contributed by atoms with Crippen LogP contribution < -0.4 is 0 Å². The Morgan fingerprint density at radius 3 is 1.85 bits per heavy atom. The van der Waals surface area contributed by atoms with Crippen molar-refractivity contribution in [2.45, 2.75) is 44.1 Å². The van der Waals surface area contributed by atoms with E-state index in [9.17, 15) is 31.1 Å². The molecule has 9 heteroatoms. The van der Waals surface area contributed by atoms with Crippen LogP contribution in [0.15, 0.2) is 12.2 Å². The number of hydrogen-bond donors (Lipinski definition) is 1. The lowest BCUT2D eigenvalue weighted by Crippen LogP contribution is -2.69. The molecule has 20 heavy (non-hydrogen) atoms. The minimum Gasteiger partial charge on any atom is -0.450 e. The van der Waals surface area contributed by atoms with E-state index in [1.807, 2.05) is 0 Å². The van der Waals surface area contributed by atoms with Gasteiger partial charge >= 0.3 is 18.1 Å². The molecule has 1 N–H and O–H groups in total. The van der Waals surface area contributed by atoms with Crippen LogP contribution in [0.1, 0.15) is 20.8 Å². The lowest BCUT2D eigenvalue weighted by molar-refractivity contribution is -0.366. The Hall–Kier alpha value is -1.25. The van der Waals surface area contributed by atoms with Gasteiger partial charge in [-0.25, -0.2) is 9.18 Å². The van der Waals surface area contributed by atoms with Crippen molar-refractivity contribution in [3.05, 3.63) is 12.2 Å². The SMILES string of the molecule is C=C(C)C(=O)OC(C)(C)C(F)(F)C(O)(CF)C(F)(F)F. The molecule has 0 spiro atoms. The van der Waals surface area contributed by atoms with E-state index in [-0.39, 0.29) is 5.57 Å². The molecule has 1 atom stereocenters. The van der Waals surface area contributed by atoms with E-state index in [2.05, 4.69) is 11.3 Å². The maximum atomic E-state index is 13.9. The van der Waals surface area contributed by atoms with Crippen molar-refractivity contribution >= 4 is 5.97 Å². The van der Waals surface area contributed by atoms with Crippen LogP contribution in [-0.4, -0.2) is 41.1 Å². The third-order valence-electron chi connectivity index (χ3n) is 2.63. The largest absolute Gasteiger partial charge is 0.450 e.